The Balaban J connectivity index is 2.42. The van der Waals surface area contributed by atoms with Gasteiger partial charge in [0.1, 0.15) is 5.75 Å². The molecule has 0 fully saturated rings. The molecule has 0 radical (unpaired) electrons. The first kappa shape index (κ1) is 13.0. The second-order valence-electron chi connectivity index (χ2n) is 4.52. The molecule has 0 heterocycles. The van der Waals surface area contributed by atoms with E-state index in [2.05, 4.69) is 6.07 Å². The number of ether oxygens (including phenoxy) is 1. The number of methoxy groups -OCH3 is 1. The van der Waals surface area contributed by atoms with Crippen molar-refractivity contribution >= 4 is 0 Å². The topological polar surface area (TPSA) is 29.5 Å². The summed E-state index contributed by atoms with van der Waals surface area (Å²) in [6.45, 7) is 4.10. The molecule has 0 amide bonds. The molecule has 0 aliphatic rings. The van der Waals surface area contributed by atoms with Gasteiger partial charge in [-0.2, -0.15) is 0 Å². The van der Waals surface area contributed by atoms with Crippen LogP contribution in [0.4, 0.5) is 0 Å². The van der Waals surface area contributed by atoms with Gasteiger partial charge in [0.2, 0.25) is 0 Å². The normalized spacial score (nSPS) is 12.8. The van der Waals surface area contributed by atoms with Crippen LogP contribution in [-0.4, -0.2) is 18.3 Å². The van der Waals surface area contributed by atoms with Crippen molar-refractivity contribution in [1.82, 2.24) is 0 Å². The highest BCUT2D eigenvalue weighted by Gasteiger charge is 2.09. The third kappa shape index (κ3) is 3.86. The number of aliphatic hydroxyl groups excluding tert-OH is 1. The molecule has 90 valence electrons. The molecule has 1 rings (SSSR count). The molecule has 1 unspecified atom stereocenters. The Labute approximate surface area is 98.3 Å². The number of rotatable bonds is 6. The molecule has 1 N–H and O–H groups in total. The van der Waals surface area contributed by atoms with Crippen molar-refractivity contribution in [3.63, 3.8) is 0 Å². The van der Waals surface area contributed by atoms with E-state index < -0.39 is 0 Å². The second kappa shape index (κ2) is 6.54. The largest absolute Gasteiger partial charge is 0.496 e. The summed E-state index contributed by atoms with van der Waals surface area (Å²) in [4.78, 5) is 0. The van der Waals surface area contributed by atoms with E-state index in [1.807, 2.05) is 32.0 Å². The monoisotopic (exact) mass is 222 g/mol. The summed E-state index contributed by atoms with van der Waals surface area (Å²) in [6, 6.07) is 8.07. The zero-order chi connectivity index (χ0) is 12.0. The van der Waals surface area contributed by atoms with Crippen molar-refractivity contribution in [2.45, 2.75) is 39.2 Å². The van der Waals surface area contributed by atoms with Gasteiger partial charge in [0, 0.05) is 0 Å². The summed E-state index contributed by atoms with van der Waals surface area (Å²) in [6.07, 6.45) is 2.64. The average Bonchev–Trinajstić information content (AvgIpc) is 2.29. The van der Waals surface area contributed by atoms with Crippen LogP contribution in [0.5, 0.6) is 5.75 Å². The van der Waals surface area contributed by atoms with Crippen LogP contribution in [0, 0.1) is 5.92 Å². The van der Waals surface area contributed by atoms with Gasteiger partial charge in [-0.1, -0.05) is 32.0 Å². The van der Waals surface area contributed by atoms with E-state index in [1.165, 1.54) is 5.56 Å². The Kier molecular flexibility index (Phi) is 5.33. The van der Waals surface area contributed by atoms with Crippen LogP contribution in [0.2, 0.25) is 0 Å². The molecule has 0 saturated carbocycles. The van der Waals surface area contributed by atoms with Gasteiger partial charge in [0.25, 0.3) is 0 Å². The fraction of sp³-hybridized carbons (Fsp3) is 0.571. The molecular formula is C14H22O2. The van der Waals surface area contributed by atoms with Crippen molar-refractivity contribution in [2.24, 2.45) is 5.92 Å². The Bertz CT molecular complexity index is 307. The maximum atomic E-state index is 9.70. The number of aliphatic hydroxyl groups is 1. The smallest absolute Gasteiger partial charge is 0.122 e. The molecule has 1 aromatic rings. The lowest BCUT2D eigenvalue weighted by atomic mass is 9.99. The van der Waals surface area contributed by atoms with E-state index in [0.29, 0.717) is 5.92 Å². The van der Waals surface area contributed by atoms with Crippen molar-refractivity contribution in [2.75, 3.05) is 7.11 Å². The highest BCUT2D eigenvalue weighted by molar-refractivity contribution is 5.33. The van der Waals surface area contributed by atoms with Gasteiger partial charge in [-0.15, -0.1) is 0 Å². The van der Waals surface area contributed by atoms with Crippen LogP contribution in [0.3, 0.4) is 0 Å². The SMILES string of the molecule is COc1ccccc1CCCC(O)C(C)C. The predicted molar refractivity (Wildman–Crippen MR) is 66.8 cm³/mol. The van der Waals surface area contributed by atoms with Gasteiger partial charge in [-0.3, -0.25) is 0 Å². The Morgan fingerprint density at radius 3 is 2.56 bits per heavy atom. The minimum atomic E-state index is -0.185. The molecular weight excluding hydrogens is 200 g/mol. The van der Waals surface area contributed by atoms with Gasteiger partial charge < -0.3 is 9.84 Å². The van der Waals surface area contributed by atoms with Crippen LogP contribution in [0.1, 0.15) is 32.3 Å². The first-order valence-electron chi connectivity index (χ1n) is 5.95. The van der Waals surface area contributed by atoms with Crippen molar-refractivity contribution in [1.29, 1.82) is 0 Å². The van der Waals surface area contributed by atoms with E-state index in [9.17, 15) is 5.11 Å². The molecule has 1 aromatic carbocycles. The fourth-order valence-electron chi connectivity index (χ4n) is 1.74. The maximum Gasteiger partial charge on any atom is 0.122 e. The number of hydrogen-bond acceptors (Lipinski definition) is 2. The Morgan fingerprint density at radius 1 is 1.25 bits per heavy atom. The standard InChI is InChI=1S/C14H22O2/c1-11(2)13(15)9-6-8-12-7-4-5-10-14(12)16-3/h4-5,7,10-11,13,15H,6,8-9H2,1-3H3. The lowest BCUT2D eigenvalue weighted by Crippen LogP contribution is -2.14. The first-order valence-corrected chi connectivity index (χ1v) is 5.95. The van der Waals surface area contributed by atoms with E-state index >= 15 is 0 Å². The molecule has 0 aromatic heterocycles. The summed E-state index contributed by atoms with van der Waals surface area (Å²) in [5.74, 6) is 1.29. The van der Waals surface area contributed by atoms with Crippen LogP contribution < -0.4 is 4.74 Å². The zero-order valence-electron chi connectivity index (χ0n) is 10.4. The third-order valence-corrected chi connectivity index (χ3v) is 2.91. The maximum absolute atomic E-state index is 9.70. The fourth-order valence-corrected chi connectivity index (χ4v) is 1.74. The lowest BCUT2D eigenvalue weighted by molar-refractivity contribution is 0.114. The highest BCUT2D eigenvalue weighted by Crippen LogP contribution is 2.20. The quantitative estimate of drug-likeness (QED) is 0.801. The Morgan fingerprint density at radius 2 is 1.94 bits per heavy atom. The summed E-state index contributed by atoms with van der Waals surface area (Å²) in [5.41, 5.74) is 1.22. The van der Waals surface area contributed by atoms with Crippen molar-refractivity contribution in [3.05, 3.63) is 29.8 Å². The number of para-hydroxylation sites is 1. The molecule has 2 heteroatoms. The molecule has 0 bridgehead atoms. The van der Waals surface area contributed by atoms with Crippen LogP contribution in [0.25, 0.3) is 0 Å². The molecule has 0 aliphatic carbocycles. The highest BCUT2D eigenvalue weighted by atomic mass is 16.5. The molecule has 0 aliphatic heterocycles. The molecule has 0 spiro atoms. The minimum Gasteiger partial charge on any atom is -0.496 e. The van der Waals surface area contributed by atoms with Crippen LogP contribution in [-0.2, 0) is 6.42 Å². The minimum absolute atomic E-state index is 0.185. The van der Waals surface area contributed by atoms with E-state index in [1.54, 1.807) is 7.11 Å². The van der Waals surface area contributed by atoms with Gasteiger partial charge in [0.15, 0.2) is 0 Å². The van der Waals surface area contributed by atoms with E-state index in [0.717, 1.165) is 25.0 Å². The number of aryl methyl sites for hydroxylation is 1. The van der Waals surface area contributed by atoms with Gasteiger partial charge in [-0.05, 0) is 36.8 Å². The molecule has 2 nitrogen and oxygen atoms in total. The molecule has 0 saturated heterocycles. The Hall–Kier alpha value is -1.02. The van der Waals surface area contributed by atoms with Crippen molar-refractivity contribution in [3.8, 4) is 5.75 Å². The summed E-state index contributed by atoms with van der Waals surface area (Å²) in [7, 11) is 1.70. The summed E-state index contributed by atoms with van der Waals surface area (Å²) < 4.78 is 5.29. The zero-order valence-corrected chi connectivity index (χ0v) is 10.4. The predicted octanol–water partition coefficient (Wildman–Crippen LogP) is 3.03. The van der Waals surface area contributed by atoms with Gasteiger partial charge in [-0.25, -0.2) is 0 Å². The van der Waals surface area contributed by atoms with Gasteiger partial charge in [0.05, 0.1) is 13.2 Å². The summed E-state index contributed by atoms with van der Waals surface area (Å²) in [5, 5.41) is 9.70. The number of hydrogen-bond donors (Lipinski definition) is 1. The van der Waals surface area contributed by atoms with Crippen molar-refractivity contribution < 1.29 is 9.84 Å². The van der Waals surface area contributed by atoms with Crippen LogP contribution in [0.15, 0.2) is 24.3 Å². The van der Waals surface area contributed by atoms with Gasteiger partial charge >= 0.3 is 0 Å². The summed E-state index contributed by atoms with van der Waals surface area (Å²) >= 11 is 0. The average molecular weight is 222 g/mol. The molecule has 1 atom stereocenters. The first-order chi connectivity index (χ1) is 7.65. The van der Waals surface area contributed by atoms with E-state index in [-0.39, 0.29) is 6.10 Å². The van der Waals surface area contributed by atoms with E-state index in [4.69, 9.17) is 4.74 Å². The lowest BCUT2D eigenvalue weighted by Gasteiger charge is -2.14. The third-order valence-electron chi connectivity index (χ3n) is 2.91. The number of benzene rings is 1. The van der Waals surface area contributed by atoms with Crippen LogP contribution >= 0.6 is 0 Å². The second-order valence-corrected chi connectivity index (χ2v) is 4.52. The molecule has 16 heavy (non-hydrogen) atoms.